The van der Waals surface area contributed by atoms with Gasteiger partial charge in [0.2, 0.25) is 0 Å². The van der Waals surface area contributed by atoms with Crippen LogP contribution in [0.15, 0.2) is 23.1 Å². The maximum Gasteiger partial charge on any atom is 0.337 e. The van der Waals surface area contributed by atoms with Gasteiger partial charge in [0.15, 0.2) is 0 Å². The van der Waals surface area contributed by atoms with E-state index >= 15 is 0 Å². The van der Waals surface area contributed by atoms with Crippen molar-refractivity contribution in [1.82, 2.24) is 4.57 Å². The third-order valence-electron chi connectivity index (χ3n) is 3.23. The molecule has 1 aromatic rings. The Kier molecular flexibility index (Phi) is 3.08. The molecule has 4 heteroatoms. The van der Waals surface area contributed by atoms with E-state index in [1.807, 2.05) is 0 Å². The summed E-state index contributed by atoms with van der Waals surface area (Å²) in [7, 11) is 0. The van der Waals surface area contributed by atoms with Crippen LogP contribution in [0.4, 0.5) is 0 Å². The van der Waals surface area contributed by atoms with E-state index in [0.717, 1.165) is 12.3 Å². The Bertz CT molecular complexity index is 446. The zero-order valence-corrected chi connectivity index (χ0v) is 9.06. The van der Waals surface area contributed by atoms with Gasteiger partial charge in [-0.05, 0) is 18.4 Å². The molecule has 1 aliphatic rings. The lowest BCUT2D eigenvalue weighted by Crippen LogP contribution is -2.23. The first-order chi connectivity index (χ1) is 7.66. The van der Waals surface area contributed by atoms with Crippen molar-refractivity contribution >= 4 is 5.97 Å². The average molecular weight is 221 g/mol. The van der Waals surface area contributed by atoms with E-state index < -0.39 is 5.97 Å². The first-order valence-electron chi connectivity index (χ1n) is 5.60. The number of hydrogen-bond acceptors (Lipinski definition) is 2. The molecule has 0 bridgehead atoms. The Balaban J connectivity index is 2.08. The van der Waals surface area contributed by atoms with Gasteiger partial charge in [-0.1, -0.05) is 19.3 Å². The monoisotopic (exact) mass is 221 g/mol. The molecule has 1 N–H and O–H groups in total. The molecule has 1 fully saturated rings. The highest BCUT2D eigenvalue weighted by molar-refractivity contribution is 5.87. The molecule has 0 aliphatic heterocycles. The van der Waals surface area contributed by atoms with Crippen LogP contribution in [0, 0.1) is 5.92 Å². The lowest BCUT2D eigenvalue weighted by molar-refractivity contribution is 0.0695. The van der Waals surface area contributed by atoms with Crippen molar-refractivity contribution in [3.8, 4) is 0 Å². The summed E-state index contributed by atoms with van der Waals surface area (Å²) in [5.41, 5.74) is 0.0533. The summed E-state index contributed by atoms with van der Waals surface area (Å²) in [6, 6.07) is 2.68. The second-order valence-corrected chi connectivity index (χ2v) is 4.34. The SMILES string of the molecule is O=C(O)c1ccc(=O)n(CCC2CCC2)c1. The highest BCUT2D eigenvalue weighted by atomic mass is 16.4. The van der Waals surface area contributed by atoms with Crippen LogP contribution < -0.4 is 5.56 Å². The maximum atomic E-state index is 11.5. The largest absolute Gasteiger partial charge is 0.478 e. The molecule has 4 nitrogen and oxygen atoms in total. The fourth-order valence-corrected chi connectivity index (χ4v) is 1.94. The van der Waals surface area contributed by atoms with Crippen molar-refractivity contribution in [3.63, 3.8) is 0 Å². The van der Waals surface area contributed by atoms with Gasteiger partial charge >= 0.3 is 5.97 Å². The molecular formula is C12H15NO3. The molecule has 86 valence electrons. The van der Waals surface area contributed by atoms with Crippen molar-refractivity contribution < 1.29 is 9.90 Å². The lowest BCUT2D eigenvalue weighted by Gasteiger charge is -2.25. The molecule has 1 heterocycles. The third kappa shape index (κ3) is 2.32. The van der Waals surface area contributed by atoms with Gasteiger partial charge in [0, 0.05) is 18.8 Å². The van der Waals surface area contributed by atoms with Crippen molar-refractivity contribution in [3.05, 3.63) is 34.2 Å². The number of nitrogens with zero attached hydrogens (tertiary/aromatic N) is 1. The van der Waals surface area contributed by atoms with Crippen LogP contribution in [0.5, 0.6) is 0 Å². The van der Waals surface area contributed by atoms with Crippen molar-refractivity contribution in [1.29, 1.82) is 0 Å². The van der Waals surface area contributed by atoms with Gasteiger partial charge in [-0.2, -0.15) is 0 Å². The first kappa shape index (κ1) is 10.9. The van der Waals surface area contributed by atoms with Gasteiger partial charge in [-0.25, -0.2) is 4.79 Å². The molecule has 0 radical (unpaired) electrons. The molecule has 1 aromatic heterocycles. The second-order valence-electron chi connectivity index (χ2n) is 4.34. The van der Waals surface area contributed by atoms with E-state index in [4.69, 9.17) is 5.11 Å². The van der Waals surface area contributed by atoms with Crippen LogP contribution in [-0.4, -0.2) is 15.6 Å². The van der Waals surface area contributed by atoms with E-state index in [-0.39, 0.29) is 11.1 Å². The van der Waals surface area contributed by atoms with E-state index in [2.05, 4.69) is 0 Å². The Morgan fingerprint density at radius 1 is 1.44 bits per heavy atom. The van der Waals surface area contributed by atoms with Crippen LogP contribution in [0.1, 0.15) is 36.0 Å². The van der Waals surface area contributed by atoms with Crippen LogP contribution >= 0.6 is 0 Å². The van der Waals surface area contributed by atoms with Crippen LogP contribution in [0.2, 0.25) is 0 Å². The fraction of sp³-hybridized carbons (Fsp3) is 0.500. The van der Waals surface area contributed by atoms with Gasteiger partial charge in [0.25, 0.3) is 5.56 Å². The van der Waals surface area contributed by atoms with E-state index in [1.54, 1.807) is 0 Å². The molecule has 0 aromatic carbocycles. The number of carboxylic acids is 1. The topological polar surface area (TPSA) is 59.3 Å². The van der Waals surface area contributed by atoms with Crippen LogP contribution in [-0.2, 0) is 6.54 Å². The highest BCUT2D eigenvalue weighted by Crippen LogP contribution is 2.29. The van der Waals surface area contributed by atoms with Crippen LogP contribution in [0.25, 0.3) is 0 Å². The number of aromatic carboxylic acids is 1. The second kappa shape index (κ2) is 4.51. The number of aryl methyl sites for hydroxylation is 1. The third-order valence-corrected chi connectivity index (χ3v) is 3.23. The minimum absolute atomic E-state index is 0.121. The number of carbonyl (C=O) groups is 1. The molecule has 1 saturated carbocycles. The molecule has 1 aliphatic carbocycles. The summed E-state index contributed by atoms with van der Waals surface area (Å²) >= 11 is 0. The molecule has 0 spiro atoms. The van der Waals surface area contributed by atoms with Crippen molar-refractivity contribution in [2.45, 2.75) is 32.2 Å². The average Bonchev–Trinajstić information content (AvgIpc) is 2.18. The minimum atomic E-state index is -0.989. The summed E-state index contributed by atoms with van der Waals surface area (Å²) in [6.07, 6.45) is 6.18. The van der Waals surface area contributed by atoms with E-state index in [9.17, 15) is 9.59 Å². The number of carboxylic acid groups (broad SMARTS) is 1. The molecule has 0 saturated heterocycles. The Hall–Kier alpha value is -1.58. The summed E-state index contributed by atoms with van der Waals surface area (Å²) in [6.45, 7) is 0.630. The summed E-state index contributed by atoms with van der Waals surface area (Å²) in [5, 5.41) is 8.82. The molecule has 0 atom stereocenters. The van der Waals surface area contributed by atoms with Gasteiger partial charge in [-0.15, -0.1) is 0 Å². The zero-order chi connectivity index (χ0) is 11.5. The smallest absolute Gasteiger partial charge is 0.337 e. The van der Waals surface area contributed by atoms with Gasteiger partial charge < -0.3 is 9.67 Å². The normalized spacial score (nSPS) is 15.8. The minimum Gasteiger partial charge on any atom is -0.478 e. The lowest BCUT2D eigenvalue weighted by atomic mass is 9.83. The summed E-state index contributed by atoms with van der Waals surface area (Å²) < 4.78 is 1.50. The number of rotatable bonds is 4. The van der Waals surface area contributed by atoms with Crippen molar-refractivity contribution in [2.24, 2.45) is 5.92 Å². The highest BCUT2D eigenvalue weighted by Gasteiger charge is 2.17. The van der Waals surface area contributed by atoms with Gasteiger partial charge in [-0.3, -0.25) is 4.79 Å². The zero-order valence-electron chi connectivity index (χ0n) is 9.06. The molecular weight excluding hydrogens is 206 g/mol. The number of hydrogen-bond donors (Lipinski definition) is 1. The first-order valence-corrected chi connectivity index (χ1v) is 5.60. The fourth-order valence-electron chi connectivity index (χ4n) is 1.94. The number of aromatic nitrogens is 1. The number of pyridine rings is 1. The van der Waals surface area contributed by atoms with Gasteiger partial charge in [0.05, 0.1) is 5.56 Å². The summed E-state index contributed by atoms with van der Waals surface area (Å²) in [4.78, 5) is 22.2. The van der Waals surface area contributed by atoms with E-state index in [0.29, 0.717) is 6.54 Å². The Labute approximate surface area is 93.5 Å². The molecule has 0 unspecified atom stereocenters. The summed E-state index contributed by atoms with van der Waals surface area (Å²) in [5.74, 6) is -0.266. The molecule has 2 rings (SSSR count). The maximum absolute atomic E-state index is 11.5. The Morgan fingerprint density at radius 3 is 2.75 bits per heavy atom. The standard InChI is InChI=1S/C12H15NO3/c14-11-5-4-10(12(15)16)8-13(11)7-6-9-2-1-3-9/h4-5,8-9H,1-3,6-7H2,(H,15,16). The predicted octanol–water partition coefficient (Wildman–Crippen LogP) is 1.74. The Morgan fingerprint density at radius 2 is 2.19 bits per heavy atom. The predicted molar refractivity (Wildman–Crippen MR) is 59.6 cm³/mol. The van der Waals surface area contributed by atoms with Crippen LogP contribution in [0.3, 0.4) is 0 Å². The quantitative estimate of drug-likeness (QED) is 0.842. The molecule has 0 amide bonds. The van der Waals surface area contributed by atoms with Gasteiger partial charge in [0.1, 0.15) is 0 Å². The van der Waals surface area contributed by atoms with E-state index in [1.165, 1.54) is 42.2 Å². The van der Waals surface area contributed by atoms with Crippen molar-refractivity contribution in [2.75, 3.05) is 0 Å². The molecule has 16 heavy (non-hydrogen) atoms.